The van der Waals surface area contributed by atoms with Crippen molar-refractivity contribution < 1.29 is 4.39 Å². The van der Waals surface area contributed by atoms with Crippen LogP contribution in [0.15, 0.2) is 42.2 Å². The highest BCUT2D eigenvalue weighted by Crippen LogP contribution is 2.31. The summed E-state index contributed by atoms with van der Waals surface area (Å²) in [7, 11) is 0. The molecule has 20 heavy (non-hydrogen) atoms. The van der Waals surface area contributed by atoms with Crippen molar-refractivity contribution in [1.82, 2.24) is 15.2 Å². The molecule has 0 amide bonds. The number of aryl methyl sites for hydroxylation is 1. The Labute approximate surface area is 119 Å². The number of halogens is 1. The third-order valence-corrected chi connectivity index (χ3v) is 3.53. The average molecular weight is 286 g/mol. The van der Waals surface area contributed by atoms with E-state index in [-0.39, 0.29) is 5.82 Å². The van der Waals surface area contributed by atoms with Gasteiger partial charge in [0, 0.05) is 11.8 Å². The summed E-state index contributed by atoms with van der Waals surface area (Å²) in [4.78, 5) is 4.07. The molecule has 3 rings (SSSR count). The molecular weight excluding hydrogens is 275 g/mol. The number of hydrogen-bond donors (Lipinski definition) is 1. The number of nitrogens with one attached hydrogen (secondary N) is 1. The molecule has 0 unspecified atom stereocenters. The highest BCUT2D eigenvalue weighted by atomic mass is 32.1. The quantitative estimate of drug-likeness (QED) is 0.796. The predicted molar refractivity (Wildman–Crippen MR) is 77.6 cm³/mol. The fraction of sp³-hybridized carbons (Fsp3) is 0.0714. The van der Waals surface area contributed by atoms with E-state index in [2.05, 4.69) is 20.5 Å². The molecule has 0 aliphatic rings. The molecule has 100 valence electrons. The second-order valence-electron chi connectivity index (χ2n) is 4.27. The van der Waals surface area contributed by atoms with Gasteiger partial charge in [-0.15, -0.1) is 10.2 Å². The van der Waals surface area contributed by atoms with Crippen LogP contribution in [0.1, 0.15) is 5.56 Å². The maximum Gasteiger partial charge on any atom is 0.149 e. The molecule has 0 fully saturated rings. The van der Waals surface area contributed by atoms with Gasteiger partial charge in [0.1, 0.15) is 16.3 Å². The topological polar surface area (TPSA) is 50.7 Å². The molecule has 4 nitrogen and oxygen atoms in total. The van der Waals surface area contributed by atoms with Crippen LogP contribution in [0.5, 0.6) is 0 Å². The van der Waals surface area contributed by atoms with Crippen LogP contribution in [0.2, 0.25) is 0 Å². The molecule has 2 heterocycles. The lowest BCUT2D eigenvalue weighted by molar-refractivity contribution is 0.631. The monoisotopic (exact) mass is 286 g/mol. The minimum absolute atomic E-state index is 0.294. The van der Waals surface area contributed by atoms with Crippen molar-refractivity contribution in [3.8, 4) is 10.6 Å². The summed E-state index contributed by atoms with van der Waals surface area (Å²) in [5.74, 6) is -0.294. The molecular formula is C14H11FN4S. The Morgan fingerprint density at radius 3 is 2.85 bits per heavy atom. The molecule has 2 aromatic heterocycles. The lowest BCUT2D eigenvalue weighted by Gasteiger charge is -2.10. The fourth-order valence-electron chi connectivity index (χ4n) is 1.84. The van der Waals surface area contributed by atoms with Crippen LogP contribution < -0.4 is 5.32 Å². The summed E-state index contributed by atoms with van der Waals surface area (Å²) >= 11 is 1.42. The molecule has 0 bridgehead atoms. The van der Waals surface area contributed by atoms with Crippen LogP contribution in [0.3, 0.4) is 0 Å². The highest BCUT2D eigenvalue weighted by Gasteiger charge is 2.10. The molecule has 0 atom stereocenters. The maximum absolute atomic E-state index is 13.9. The van der Waals surface area contributed by atoms with Gasteiger partial charge in [0.15, 0.2) is 0 Å². The van der Waals surface area contributed by atoms with Gasteiger partial charge in [-0.05, 0) is 30.7 Å². The summed E-state index contributed by atoms with van der Waals surface area (Å²) in [6, 6.07) is 6.88. The second-order valence-corrected chi connectivity index (χ2v) is 5.11. The smallest absolute Gasteiger partial charge is 0.149 e. The molecule has 0 aliphatic heterocycles. The van der Waals surface area contributed by atoms with Crippen LogP contribution in [-0.4, -0.2) is 15.2 Å². The SMILES string of the molecule is Cc1ccc(Nc2cnccc2-c2nncs2)c(F)c1. The minimum Gasteiger partial charge on any atom is -0.351 e. The van der Waals surface area contributed by atoms with E-state index in [1.165, 1.54) is 17.4 Å². The summed E-state index contributed by atoms with van der Waals surface area (Å²) in [6.45, 7) is 1.85. The zero-order valence-electron chi connectivity index (χ0n) is 10.7. The Kier molecular flexibility index (Phi) is 3.39. The first kappa shape index (κ1) is 12.7. The molecule has 1 N–H and O–H groups in total. The molecule has 0 radical (unpaired) electrons. The van der Waals surface area contributed by atoms with Crippen LogP contribution in [0.25, 0.3) is 10.6 Å². The summed E-state index contributed by atoms with van der Waals surface area (Å²) in [5.41, 5.74) is 4.50. The van der Waals surface area contributed by atoms with Crippen molar-refractivity contribution in [2.75, 3.05) is 5.32 Å². The van der Waals surface area contributed by atoms with E-state index in [1.807, 2.05) is 19.1 Å². The standard InChI is InChI=1S/C14H11FN4S/c1-9-2-3-12(11(15)6-9)18-13-7-16-5-4-10(13)14-19-17-8-20-14/h2-8,18H,1H3. The average Bonchev–Trinajstić information content (AvgIpc) is 2.96. The van der Waals surface area contributed by atoms with Crippen molar-refractivity contribution in [3.63, 3.8) is 0 Å². The largest absolute Gasteiger partial charge is 0.351 e. The zero-order valence-corrected chi connectivity index (χ0v) is 11.5. The third-order valence-electron chi connectivity index (χ3n) is 2.81. The van der Waals surface area contributed by atoms with Crippen molar-refractivity contribution in [2.45, 2.75) is 6.92 Å². The molecule has 6 heteroatoms. The molecule has 0 spiro atoms. The van der Waals surface area contributed by atoms with Gasteiger partial charge in [-0.1, -0.05) is 17.4 Å². The Hall–Kier alpha value is -2.34. The van der Waals surface area contributed by atoms with Gasteiger partial charge in [-0.2, -0.15) is 0 Å². The van der Waals surface area contributed by atoms with Crippen LogP contribution in [0, 0.1) is 12.7 Å². The van der Waals surface area contributed by atoms with E-state index in [4.69, 9.17) is 0 Å². The van der Waals surface area contributed by atoms with Crippen molar-refractivity contribution in [3.05, 3.63) is 53.6 Å². The molecule has 0 aliphatic carbocycles. The van der Waals surface area contributed by atoms with E-state index < -0.39 is 0 Å². The van der Waals surface area contributed by atoms with Gasteiger partial charge in [-0.25, -0.2) is 4.39 Å². The fourth-order valence-corrected chi connectivity index (χ4v) is 2.43. The third kappa shape index (κ3) is 2.50. The summed E-state index contributed by atoms with van der Waals surface area (Å²) in [5, 5.41) is 11.7. The van der Waals surface area contributed by atoms with E-state index in [1.54, 1.807) is 24.0 Å². The van der Waals surface area contributed by atoms with Crippen LogP contribution >= 0.6 is 11.3 Å². The van der Waals surface area contributed by atoms with Gasteiger partial charge in [0.25, 0.3) is 0 Å². The van der Waals surface area contributed by atoms with Gasteiger partial charge >= 0.3 is 0 Å². The number of anilines is 2. The molecule has 1 aromatic carbocycles. The zero-order chi connectivity index (χ0) is 13.9. The number of pyridine rings is 1. The van der Waals surface area contributed by atoms with E-state index in [9.17, 15) is 4.39 Å². The summed E-state index contributed by atoms with van der Waals surface area (Å²) in [6.07, 6.45) is 3.32. The van der Waals surface area contributed by atoms with Crippen molar-refractivity contribution >= 4 is 22.7 Å². The first-order chi connectivity index (χ1) is 9.74. The number of nitrogens with zero attached hydrogens (tertiary/aromatic N) is 3. The number of rotatable bonds is 3. The molecule has 0 saturated heterocycles. The first-order valence-electron chi connectivity index (χ1n) is 5.98. The minimum atomic E-state index is -0.294. The molecule has 3 aromatic rings. The maximum atomic E-state index is 13.9. The van der Waals surface area contributed by atoms with Gasteiger partial charge in [-0.3, -0.25) is 4.98 Å². The predicted octanol–water partition coefficient (Wildman–Crippen LogP) is 3.79. The van der Waals surface area contributed by atoms with Gasteiger partial charge < -0.3 is 5.32 Å². The highest BCUT2D eigenvalue weighted by molar-refractivity contribution is 7.12. The Morgan fingerprint density at radius 1 is 1.20 bits per heavy atom. The van der Waals surface area contributed by atoms with E-state index >= 15 is 0 Å². The number of hydrogen-bond acceptors (Lipinski definition) is 5. The lowest BCUT2D eigenvalue weighted by atomic mass is 10.2. The Balaban J connectivity index is 1.99. The Morgan fingerprint density at radius 2 is 2.10 bits per heavy atom. The number of aromatic nitrogens is 3. The van der Waals surface area contributed by atoms with E-state index in [0.29, 0.717) is 11.4 Å². The van der Waals surface area contributed by atoms with Crippen LogP contribution in [-0.2, 0) is 0 Å². The van der Waals surface area contributed by atoms with Crippen LogP contribution in [0.4, 0.5) is 15.8 Å². The summed E-state index contributed by atoms with van der Waals surface area (Å²) < 4.78 is 13.9. The van der Waals surface area contributed by atoms with Gasteiger partial charge in [0.05, 0.1) is 17.6 Å². The van der Waals surface area contributed by atoms with Crippen molar-refractivity contribution in [1.29, 1.82) is 0 Å². The lowest BCUT2D eigenvalue weighted by Crippen LogP contribution is -1.97. The molecule has 0 saturated carbocycles. The van der Waals surface area contributed by atoms with Crippen molar-refractivity contribution in [2.24, 2.45) is 0 Å². The second kappa shape index (κ2) is 5.34. The van der Waals surface area contributed by atoms with E-state index in [0.717, 1.165) is 16.1 Å². The number of benzene rings is 1. The Bertz CT molecular complexity index is 728. The normalized spacial score (nSPS) is 10.5. The van der Waals surface area contributed by atoms with Gasteiger partial charge in [0.2, 0.25) is 0 Å². The first-order valence-corrected chi connectivity index (χ1v) is 6.86.